The predicted molar refractivity (Wildman–Crippen MR) is 128 cm³/mol. The Bertz CT molecular complexity index is 1320. The Morgan fingerprint density at radius 2 is 1.91 bits per heavy atom. The highest BCUT2D eigenvalue weighted by atomic mass is 19.1. The van der Waals surface area contributed by atoms with E-state index >= 15 is 0 Å². The van der Waals surface area contributed by atoms with Gasteiger partial charge < -0.3 is 16.0 Å². The van der Waals surface area contributed by atoms with Crippen LogP contribution >= 0.6 is 0 Å². The Balaban J connectivity index is 1.44. The molecule has 3 aromatic rings. The molecule has 2 aliphatic heterocycles. The van der Waals surface area contributed by atoms with E-state index in [0.717, 1.165) is 16.9 Å². The molecule has 0 bridgehead atoms. The highest BCUT2D eigenvalue weighted by Gasteiger charge is 2.44. The van der Waals surface area contributed by atoms with Crippen LogP contribution in [0.1, 0.15) is 27.5 Å². The van der Waals surface area contributed by atoms with Crippen molar-refractivity contribution in [2.75, 3.05) is 10.6 Å². The molecule has 0 aliphatic carbocycles. The van der Waals surface area contributed by atoms with Crippen molar-refractivity contribution < 1.29 is 14.0 Å². The Morgan fingerprint density at radius 3 is 2.74 bits per heavy atom. The molecule has 2 aromatic carbocycles. The Morgan fingerprint density at radius 1 is 1.09 bits per heavy atom. The predicted octanol–water partition coefficient (Wildman–Crippen LogP) is 4.02. The van der Waals surface area contributed by atoms with Gasteiger partial charge in [-0.3, -0.25) is 14.6 Å². The highest BCUT2D eigenvalue weighted by molar-refractivity contribution is 6.30. The fraction of sp³-hybridized carbons (Fsp3) is 0.154. The third kappa shape index (κ3) is 4.17. The van der Waals surface area contributed by atoms with Crippen molar-refractivity contribution in [2.45, 2.75) is 19.0 Å². The number of aryl methyl sites for hydroxylation is 1. The second-order valence-electron chi connectivity index (χ2n) is 8.29. The molecule has 7 nitrogen and oxygen atoms in total. The van der Waals surface area contributed by atoms with Gasteiger partial charge in [0.2, 0.25) is 0 Å². The topological polar surface area (TPSA) is 95.5 Å². The molecule has 1 amide bonds. The standard InChI is InChI=1S/C26H22FN5O2/c1-15-7-8-17(27)12-19(15)26(34)32-22-11-16(9-10-29-22)24-25(30-18-5-3-2-4-6-18)23-20(31-24)13-28-14-21(23)33/h2-14,23-25,30-31H,1H3,(H,29,32,34). The van der Waals surface area contributed by atoms with Crippen LogP contribution in [0.2, 0.25) is 0 Å². The minimum absolute atomic E-state index is 0.0786. The summed E-state index contributed by atoms with van der Waals surface area (Å²) in [6.45, 7) is 1.75. The smallest absolute Gasteiger partial charge is 0.257 e. The van der Waals surface area contributed by atoms with Crippen molar-refractivity contribution in [1.29, 1.82) is 0 Å². The second kappa shape index (κ2) is 8.90. The van der Waals surface area contributed by atoms with Crippen LogP contribution in [-0.2, 0) is 4.79 Å². The zero-order chi connectivity index (χ0) is 23.7. The summed E-state index contributed by atoms with van der Waals surface area (Å²) in [5, 5.41) is 9.65. The molecule has 1 saturated heterocycles. The van der Waals surface area contributed by atoms with Crippen molar-refractivity contribution in [3.63, 3.8) is 0 Å². The Kier molecular flexibility index (Phi) is 5.63. The maximum Gasteiger partial charge on any atom is 0.257 e. The lowest BCUT2D eigenvalue weighted by Gasteiger charge is -2.25. The molecule has 3 unspecified atom stereocenters. The first kappa shape index (κ1) is 21.5. The number of pyridine rings is 1. The second-order valence-corrected chi connectivity index (χ2v) is 8.29. The lowest BCUT2D eigenvalue weighted by molar-refractivity contribution is -0.115. The van der Waals surface area contributed by atoms with Gasteiger partial charge in [0.05, 0.1) is 24.2 Å². The van der Waals surface area contributed by atoms with Crippen molar-refractivity contribution in [3.05, 3.63) is 101 Å². The first-order chi connectivity index (χ1) is 16.5. The van der Waals surface area contributed by atoms with Crippen molar-refractivity contribution in [1.82, 2.24) is 10.3 Å². The SMILES string of the molecule is Cc1ccc(F)cc1C(=O)Nc1cc(C2NC3=CN=CC(=O)C3C2Nc2ccccc2)ccn1. The monoisotopic (exact) mass is 455 g/mol. The number of para-hydroxylation sites is 1. The van der Waals surface area contributed by atoms with Crippen molar-refractivity contribution in [2.24, 2.45) is 10.9 Å². The molecule has 3 atom stereocenters. The van der Waals surface area contributed by atoms with Gasteiger partial charge in [0.25, 0.3) is 5.91 Å². The van der Waals surface area contributed by atoms with Crippen molar-refractivity contribution >= 4 is 29.4 Å². The summed E-state index contributed by atoms with van der Waals surface area (Å²) < 4.78 is 13.7. The van der Waals surface area contributed by atoms with E-state index in [1.165, 1.54) is 18.3 Å². The number of halogens is 1. The fourth-order valence-electron chi connectivity index (χ4n) is 4.38. The number of Topliss-reactive ketones (excluding diaryl/α,β-unsaturated/α-hetero) is 1. The summed E-state index contributed by atoms with van der Waals surface area (Å²) in [5.41, 5.74) is 3.37. The average Bonchev–Trinajstić information content (AvgIpc) is 3.21. The molecular formula is C26H22FN5O2. The number of hydrogen-bond acceptors (Lipinski definition) is 6. The molecule has 2 aliphatic rings. The molecule has 8 heteroatoms. The van der Waals surface area contributed by atoms with Crippen molar-refractivity contribution in [3.8, 4) is 0 Å². The van der Waals surface area contributed by atoms with Gasteiger partial charge in [-0.15, -0.1) is 0 Å². The number of fused-ring (bicyclic) bond motifs is 1. The van der Waals surface area contributed by atoms with Gasteiger partial charge in [-0.1, -0.05) is 24.3 Å². The summed E-state index contributed by atoms with van der Waals surface area (Å²) in [6, 6.07) is 16.8. The fourth-order valence-corrected chi connectivity index (χ4v) is 4.38. The van der Waals surface area contributed by atoms with Crippen LogP contribution in [-0.4, -0.2) is 28.9 Å². The molecule has 5 rings (SSSR count). The van der Waals surface area contributed by atoms with Gasteiger partial charge in [0, 0.05) is 29.3 Å². The number of ketones is 1. The van der Waals surface area contributed by atoms with E-state index in [1.807, 2.05) is 36.4 Å². The van der Waals surface area contributed by atoms with E-state index in [9.17, 15) is 14.0 Å². The largest absolute Gasteiger partial charge is 0.379 e. The first-order valence-corrected chi connectivity index (χ1v) is 10.9. The molecule has 1 aromatic heterocycles. The number of nitrogens with one attached hydrogen (secondary N) is 3. The zero-order valence-corrected chi connectivity index (χ0v) is 18.3. The third-order valence-corrected chi connectivity index (χ3v) is 6.03. The van der Waals surface area contributed by atoms with Crippen LogP contribution < -0.4 is 16.0 Å². The quantitative estimate of drug-likeness (QED) is 0.540. The number of benzene rings is 2. The van der Waals surface area contributed by atoms with Gasteiger partial charge in [0.1, 0.15) is 11.6 Å². The average molecular weight is 455 g/mol. The van der Waals surface area contributed by atoms with E-state index in [4.69, 9.17) is 0 Å². The van der Waals surface area contributed by atoms with E-state index < -0.39 is 17.6 Å². The maximum absolute atomic E-state index is 13.7. The highest BCUT2D eigenvalue weighted by Crippen LogP contribution is 2.38. The summed E-state index contributed by atoms with van der Waals surface area (Å²) in [7, 11) is 0. The molecule has 0 saturated carbocycles. The minimum atomic E-state index is -0.481. The number of aliphatic imine (C=N–C) groups is 1. The number of rotatable bonds is 5. The van der Waals surface area contributed by atoms with Crippen LogP contribution in [0.15, 0.2) is 83.7 Å². The van der Waals surface area contributed by atoms with Gasteiger partial charge in [0.15, 0.2) is 5.78 Å². The van der Waals surface area contributed by atoms with E-state index in [0.29, 0.717) is 11.4 Å². The van der Waals surface area contributed by atoms with Gasteiger partial charge in [-0.25, -0.2) is 9.37 Å². The van der Waals surface area contributed by atoms with Gasteiger partial charge in [-0.05, 0) is 54.4 Å². The van der Waals surface area contributed by atoms with E-state index in [1.54, 1.807) is 31.5 Å². The third-order valence-electron chi connectivity index (χ3n) is 6.03. The molecule has 0 spiro atoms. The maximum atomic E-state index is 13.7. The molecular weight excluding hydrogens is 433 g/mol. The molecule has 3 N–H and O–H groups in total. The molecule has 3 heterocycles. The molecule has 170 valence electrons. The van der Waals surface area contributed by atoms with E-state index in [-0.39, 0.29) is 23.4 Å². The van der Waals surface area contributed by atoms with Crippen LogP contribution in [0, 0.1) is 18.7 Å². The Hall–Kier alpha value is -4.33. The normalized spacial score (nSPS) is 20.8. The number of hydrogen-bond donors (Lipinski definition) is 3. The number of aromatic nitrogens is 1. The number of anilines is 2. The number of carbonyl (C=O) groups is 2. The van der Waals surface area contributed by atoms with Crippen LogP contribution in [0.25, 0.3) is 0 Å². The lowest BCUT2D eigenvalue weighted by Crippen LogP contribution is -2.36. The number of amides is 1. The van der Waals surface area contributed by atoms with Gasteiger partial charge >= 0.3 is 0 Å². The van der Waals surface area contributed by atoms with Crippen LogP contribution in [0.5, 0.6) is 0 Å². The van der Waals surface area contributed by atoms with Crippen LogP contribution in [0.4, 0.5) is 15.9 Å². The van der Waals surface area contributed by atoms with E-state index in [2.05, 4.69) is 25.9 Å². The van der Waals surface area contributed by atoms with Gasteiger partial charge in [-0.2, -0.15) is 0 Å². The summed E-state index contributed by atoms with van der Waals surface area (Å²) in [4.78, 5) is 33.8. The summed E-state index contributed by atoms with van der Waals surface area (Å²) in [5.74, 6) is -1.09. The summed E-state index contributed by atoms with van der Waals surface area (Å²) in [6.07, 6.45) is 4.61. The molecule has 34 heavy (non-hydrogen) atoms. The van der Waals surface area contributed by atoms with Crippen LogP contribution in [0.3, 0.4) is 0 Å². The lowest BCUT2D eigenvalue weighted by atomic mass is 9.89. The summed E-state index contributed by atoms with van der Waals surface area (Å²) >= 11 is 0. The number of carbonyl (C=O) groups excluding carboxylic acids is 2. The molecule has 0 radical (unpaired) electrons. The minimum Gasteiger partial charge on any atom is -0.379 e. The zero-order valence-electron chi connectivity index (χ0n) is 18.3. The first-order valence-electron chi connectivity index (χ1n) is 10.9. The Labute approximate surface area is 195 Å². The molecule has 1 fully saturated rings. The number of nitrogens with zero attached hydrogens (tertiary/aromatic N) is 2.